The molecule has 1 aliphatic heterocycles. The van der Waals surface area contributed by atoms with Crippen molar-refractivity contribution in [2.24, 2.45) is 5.92 Å². The summed E-state index contributed by atoms with van der Waals surface area (Å²) in [5, 5.41) is 11.5. The van der Waals surface area contributed by atoms with E-state index in [4.69, 9.17) is 0 Å². The number of hydrogen-bond acceptors (Lipinski definition) is 5. The highest BCUT2D eigenvalue weighted by Crippen LogP contribution is 2.21. The van der Waals surface area contributed by atoms with Gasteiger partial charge in [0.05, 0.1) is 0 Å². The molecule has 83 heavy (non-hydrogen) atoms. The predicted octanol–water partition coefficient (Wildman–Crippen LogP) is 25.3. The molecular weight excluding hydrogens is 1010 g/mol. The van der Waals surface area contributed by atoms with Crippen LogP contribution < -0.4 is 0 Å². The summed E-state index contributed by atoms with van der Waals surface area (Å²) in [5.74, 6) is 0.928. The highest BCUT2D eigenvalue weighted by molar-refractivity contribution is 4.81. The van der Waals surface area contributed by atoms with Crippen LogP contribution in [0.4, 0.5) is 0 Å². The van der Waals surface area contributed by atoms with E-state index in [0.29, 0.717) is 0 Å². The summed E-state index contributed by atoms with van der Waals surface area (Å²) < 4.78 is 0. The van der Waals surface area contributed by atoms with Gasteiger partial charge in [-0.25, -0.2) is 20.0 Å². The maximum absolute atomic E-state index is 2.94. The molecule has 0 aromatic carbocycles. The van der Waals surface area contributed by atoms with Gasteiger partial charge in [-0.3, -0.25) is 0 Å². The van der Waals surface area contributed by atoms with E-state index in [0.717, 1.165) is 5.92 Å². The zero-order chi connectivity index (χ0) is 59.7. The van der Waals surface area contributed by atoms with Crippen LogP contribution in [0.2, 0.25) is 0 Å². The predicted molar refractivity (Wildman–Crippen MR) is 377 cm³/mol. The van der Waals surface area contributed by atoms with Crippen LogP contribution in [0.3, 0.4) is 0 Å². The highest BCUT2D eigenvalue weighted by atomic mass is 15.7. The summed E-state index contributed by atoms with van der Waals surface area (Å²) in [4.78, 5) is 2.94. The van der Waals surface area contributed by atoms with Crippen molar-refractivity contribution in [2.45, 2.75) is 414 Å². The molecule has 0 bridgehead atoms. The first-order valence-corrected chi connectivity index (χ1v) is 39.5. The molecule has 496 valence electrons. The lowest BCUT2D eigenvalue weighted by atomic mass is 9.96. The summed E-state index contributed by atoms with van der Waals surface area (Å²) in [6, 6.07) is 0. The monoisotopic (exact) mass is 1170 g/mol. The molecule has 0 N–H and O–H groups in total. The summed E-state index contributed by atoms with van der Waals surface area (Å²) in [5.41, 5.74) is 0. The molecule has 1 fully saturated rings. The molecule has 0 aromatic rings. The SMILES string of the molecule is CCCCCCCC/C=C\CCCCCCCCN(CCCCCCCCC(C)CCCCCCCC)N1CCN(N(CCCCCCCCCCCC)CCN(CCCCCCCCCCCC)CCCCCCCCCCCC)CC1. The Labute approximate surface area is 526 Å². The van der Waals surface area contributed by atoms with Crippen molar-refractivity contribution in [1.29, 1.82) is 0 Å². The average Bonchev–Trinajstić information content (AvgIpc) is 3.63. The largest absolute Gasteiger partial charge is 0.302 e. The molecule has 1 rings (SSSR count). The van der Waals surface area contributed by atoms with Crippen molar-refractivity contribution in [3.8, 4) is 0 Å². The molecule has 5 nitrogen and oxygen atoms in total. The highest BCUT2D eigenvalue weighted by Gasteiger charge is 2.26. The first kappa shape index (κ1) is 80.6. The summed E-state index contributed by atoms with van der Waals surface area (Å²) in [6.45, 7) is 28.0. The maximum atomic E-state index is 2.94. The van der Waals surface area contributed by atoms with E-state index < -0.39 is 0 Å². The molecule has 0 spiro atoms. The van der Waals surface area contributed by atoms with Gasteiger partial charge in [0.15, 0.2) is 0 Å². The normalized spacial score (nSPS) is 14.1. The fraction of sp³-hybridized carbons (Fsp3) is 0.974. The van der Waals surface area contributed by atoms with Crippen molar-refractivity contribution in [3.05, 3.63) is 12.2 Å². The topological polar surface area (TPSA) is 16.2 Å². The van der Waals surface area contributed by atoms with Gasteiger partial charge in [0, 0.05) is 58.9 Å². The lowest BCUT2D eigenvalue weighted by molar-refractivity contribution is -0.118. The minimum atomic E-state index is 0.928. The van der Waals surface area contributed by atoms with Crippen LogP contribution in [0.1, 0.15) is 414 Å². The fourth-order valence-corrected chi connectivity index (χ4v) is 13.5. The van der Waals surface area contributed by atoms with E-state index >= 15 is 0 Å². The lowest BCUT2D eigenvalue weighted by Crippen LogP contribution is -2.59. The molecule has 5 heteroatoms. The molecule has 0 radical (unpaired) electrons. The third kappa shape index (κ3) is 56.5. The molecule has 1 heterocycles. The zero-order valence-electron chi connectivity index (χ0n) is 58.8. The average molecular weight is 1170 g/mol. The van der Waals surface area contributed by atoms with Crippen LogP contribution in [-0.2, 0) is 0 Å². The van der Waals surface area contributed by atoms with Gasteiger partial charge < -0.3 is 4.90 Å². The van der Waals surface area contributed by atoms with E-state index in [1.807, 2.05) is 0 Å². The summed E-state index contributed by atoms with van der Waals surface area (Å²) in [6.07, 6.45) is 87.5. The standard InChI is InChI=1S/C78H159N5/c1-7-12-17-22-27-31-35-36-37-38-39-40-44-48-55-62-69-80(70-63-57-50-45-52-59-66-78(6)65-58-51-26-21-16-11-5)82-74-76-83(77-75-82)81(71-64-56-49-43-34-30-25-20-15-10-4)73-72-79(67-60-53-46-41-32-28-23-18-13-8-2)68-61-54-47-42-33-29-24-19-14-9-3/h36-37,78H,7-35,38-77H2,1-6H3/b37-36-. The molecule has 0 aliphatic carbocycles. The number of hydrazine groups is 2. The smallest absolute Gasteiger partial charge is 0.0275 e. The number of nitrogens with zero attached hydrogens (tertiary/aromatic N) is 5. The molecule has 1 unspecified atom stereocenters. The quantitative estimate of drug-likeness (QED) is 0.0444. The number of rotatable bonds is 70. The van der Waals surface area contributed by atoms with Gasteiger partial charge in [-0.1, -0.05) is 368 Å². The maximum Gasteiger partial charge on any atom is 0.0275 e. The van der Waals surface area contributed by atoms with Crippen molar-refractivity contribution in [3.63, 3.8) is 0 Å². The van der Waals surface area contributed by atoms with Crippen LogP contribution in [0, 0.1) is 5.92 Å². The number of hydrogen-bond donors (Lipinski definition) is 0. The van der Waals surface area contributed by atoms with E-state index in [-0.39, 0.29) is 0 Å². The Bertz CT molecular complexity index is 1190. The third-order valence-corrected chi connectivity index (χ3v) is 19.5. The zero-order valence-corrected chi connectivity index (χ0v) is 58.8. The molecular formula is C78H159N5. The van der Waals surface area contributed by atoms with Crippen molar-refractivity contribution >= 4 is 0 Å². The van der Waals surface area contributed by atoms with Gasteiger partial charge in [0.2, 0.25) is 0 Å². The van der Waals surface area contributed by atoms with Crippen LogP contribution in [0.15, 0.2) is 12.2 Å². The Morgan fingerprint density at radius 1 is 0.241 bits per heavy atom. The lowest BCUT2D eigenvalue weighted by Gasteiger charge is -2.45. The Morgan fingerprint density at radius 2 is 0.458 bits per heavy atom. The van der Waals surface area contributed by atoms with Crippen molar-refractivity contribution in [1.82, 2.24) is 24.9 Å². The second kappa shape index (κ2) is 67.5. The van der Waals surface area contributed by atoms with E-state index in [9.17, 15) is 0 Å². The number of unbranched alkanes of at least 4 members (excludes halogenated alkanes) is 49. The van der Waals surface area contributed by atoms with Gasteiger partial charge >= 0.3 is 0 Å². The minimum Gasteiger partial charge on any atom is -0.302 e. The van der Waals surface area contributed by atoms with E-state index in [1.54, 1.807) is 0 Å². The summed E-state index contributed by atoms with van der Waals surface area (Å²) >= 11 is 0. The van der Waals surface area contributed by atoms with Gasteiger partial charge in [0.25, 0.3) is 0 Å². The summed E-state index contributed by atoms with van der Waals surface area (Å²) in [7, 11) is 0. The third-order valence-electron chi connectivity index (χ3n) is 19.5. The Hall–Kier alpha value is -0.460. The fourth-order valence-electron chi connectivity index (χ4n) is 13.5. The first-order valence-electron chi connectivity index (χ1n) is 39.5. The second-order valence-corrected chi connectivity index (χ2v) is 27.7. The Balaban J connectivity index is 2.89. The molecule has 1 aliphatic rings. The van der Waals surface area contributed by atoms with Crippen molar-refractivity contribution < 1.29 is 0 Å². The van der Waals surface area contributed by atoms with E-state index in [2.05, 4.69) is 78.6 Å². The van der Waals surface area contributed by atoms with E-state index in [1.165, 1.54) is 444 Å². The number of piperazine rings is 1. The van der Waals surface area contributed by atoms with Crippen LogP contribution in [0.5, 0.6) is 0 Å². The van der Waals surface area contributed by atoms with Gasteiger partial charge in [-0.05, 0) is 76.8 Å². The van der Waals surface area contributed by atoms with Crippen LogP contribution in [-0.4, -0.2) is 96.9 Å². The first-order chi connectivity index (χ1) is 41.1. The van der Waals surface area contributed by atoms with Gasteiger partial charge in [-0.2, -0.15) is 0 Å². The molecule has 0 saturated carbocycles. The van der Waals surface area contributed by atoms with Crippen LogP contribution in [0.25, 0.3) is 0 Å². The van der Waals surface area contributed by atoms with Crippen LogP contribution >= 0.6 is 0 Å². The Kier molecular flexibility index (Phi) is 65.5. The molecule has 1 saturated heterocycles. The molecule has 0 amide bonds. The molecule has 1 atom stereocenters. The van der Waals surface area contributed by atoms with Crippen molar-refractivity contribution in [2.75, 3.05) is 72.0 Å². The van der Waals surface area contributed by atoms with Gasteiger partial charge in [-0.15, -0.1) is 0 Å². The molecule has 0 aromatic heterocycles. The van der Waals surface area contributed by atoms with Gasteiger partial charge in [0.1, 0.15) is 0 Å². The minimum absolute atomic E-state index is 0.928. The Morgan fingerprint density at radius 3 is 0.735 bits per heavy atom. The number of allylic oxidation sites excluding steroid dienone is 2. The second-order valence-electron chi connectivity index (χ2n) is 27.7.